The molecular weight excluding hydrogens is 182 g/mol. The molecule has 0 aliphatic heterocycles. The molecule has 0 fully saturated rings. The van der Waals surface area contributed by atoms with E-state index in [-0.39, 0.29) is 5.88 Å². The van der Waals surface area contributed by atoms with Gasteiger partial charge in [-0.3, -0.25) is 4.98 Å². The molecule has 5 heteroatoms. The molecule has 0 spiro atoms. The zero-order valence-corrected chi connectivity index (χ0v) is 7.04. The summed E-state index contributed by atoms with van der Waals surface area (Å²) in [6, 6.07) is 5.12. The maximum absolute atomic E-state index is 9.93. The number of pyridine rings is 1. The number of isocyanates is 1. The topological polar surface area (TPSA) is 68.3 Å². The summed E-state index contributed by atoms with van der Waals surface area (Å²) in [6.07, 6.45) is 4.67. The standard InChI is InChI=1S/C9H5N3O2/c13-6-11-9-5-8(12-14-9)7-1-3-10-4-2-7/h1-5H. The Kier molecular flexibility index (Phi) is 2.17. The van der Waals surface area contributed by atoms with Gasteiger partial charge in [0, 0.05) is 24.0 Å². The lowest BCUT2D eigenvalue weighted by molar-refractivity contribution is 0.432. The number of hydrogen-bond donors (Lipinski definition) is 0. The molecule has 2 heterocycles. The van der Waals surface area contributed by atoms with E-state index in [1.165, 1.54) is 6.08 Å². The molecular formula is C9H5N3O2. The van der Waals surface area contributed by atoms with Crippen molar-refractivity contribution in [2.75, 3.05) is 0 Å². The van der Waals surface area contributed by atoms with Gasteiger partial charge in [0.05, 0.1) is 0 Å². The lowest BCUT2D eigenvalue weighted by Gasteiger charge is -1.90. The average molecular weight is 187 g/mol. The highest BCUT2D eigenvalue weighted by atomic mass is 16.5. The summed E-state index contributed by atoms with van der Waals surface area (Å²) in [5.41, 5.74) is 1.47. The first-order valence-electron chi connectivity index (χ1n) is 3.85. The third-order valence-corrected chi connectivity index (χ3v) is 1.63. The predicted octanol–water partition coefficient (Wildman–Crippen LogP) is 1.70. The molecule has 2 aromatic heterocycles. The lowest BCUT2D eigenvalue weighted by Crippen LogP contribution is -1.75. The Morgan fingerprint density at radius 2 is 2.14 bits per heavy atom. The van der Waals surface area contributed by atoms with Crippen LogP contribution in [0.5, 0.6) is 0 Å². The van der Waals surface area contributed by atoms with Gasteiger partial charge in [-0.25, -0.2) is 4.79 Å². The maximum Gasteiger partial charge on any atom is 0.261 e. The molecule has 0 atom stereocenters. The smallest absolute Gasteiger partial charge is 0.261 e. The van der Waals surface area contributed by atoms with E-state index in [2.05, 4.69) is 15.1 Å². The fourth-order valence-corrected chi connectivity index (χ4v) is 1.02. The molecule has 0 aliphatic carbocycles. The van der Waals surface area contributed by atoms with Crippen LogP contribution in [0.15, 0.2) is 40.1 Å². The number of aliphatic imine (C=N–C) groups is 1. The van der Waals surface area contributed by atoms with Crippen molar-refractivity contribution in [2.24, 2.45) is 4.99 Å². The number of aromatic nitrogens is 2. The van der Waals surface area contributed by atoms with Crippen LogP contribution in [-0.4, -0.2) is 16.2 Å². The van der Waals surface area contributed by atoms with Gasteiger partial charge in [0.25, 0.3) is 5.88 Å². The van der Waals surface area contributed by atoms with Gasteiger partial charge in [-0.05, 0) is 12.1 Å². The van der Waals surface area contributed by atoms with Crippen molar-refractivity contribution in [3.8, 4) is 11.3 Å². The highest BCUT2D eigenvalue weighted by Crippen LogP contribution is 2.21. The highest BCUT2D eigenvalue weighted by molar-refractivity contribution is 5.60. The summed E-state index contributed by atoms with van der Waals surface area (Å²) in [5, 5.41) is 3.73. The quantitative estimate of drug-likeness (QED) is 0.530. The monoisotopic (exact) mass is 187 g/mol. The predicted molar refractivity (Wildman–Crippen MR) is 47.5 cm³/mol. The van der Waals surface area contributed by atoms with Crippen molar-refractivity contribution in [3.63, 3.8) is 0 Å². The van der Waals surface area contributed by atoms with E-state index in [4.69, 9.17) is 4.52 Å². The van der Waals surface area contributed by atoms with Crippen molar-refractivity contribution in [2.45, 2.75) is 0 Å². The van der Waals surface area contributed by atoms with E-state index < -0.39 is 0 Å². The second-order valence-electron chi connectivity index (χ2n) is 2.49. The maximum atomic E-state index is 9.93. The van der Waals surface area contributed by atoms with Gasteiger partial charge < -0.3 is 4.52 Å². The van der Waals surface area contributed by atoms with Crippen LogP contribution in [-0.2, 0) is 4.79 Å². The van der Waals surface area contributed by atoms with Gasteiger partial charge in [-0.15, -0.1) is 4.99 Å². The Balaban J connectivity index is 2.39. The minimum Gasteiger partial charge on any atom is -0.335 e. The van der Waals surface area contributed by atoms with Gasteiger partial charge in [-0.2, -0.15) is 0 Å². The number of carbonyl (C=O) groups excluding carboxylic acids is 1. The lowest BCUT2D eigenvalue weighted by atomic mass is 10.2. The van der Waals surface area contributed by atoms with Crippen molar-refractivity contribution in [3.05, 3.63) is 30.6 Å². The molecule has 0 saturated carbocycles. The van der Waals surface area contributed by atoms with Crippen LogP contribution in [0.2, 0.25) is 0 Å². The normalized spacial score (nSPS) is 9.43. The SMILES string of the molecule is O=C=Nc1cc(-c2ccncc2)no1. The van der Waals surface area contributed by atoms with Crippen molar-refractivity contribution < 1.29 is 9.32 Å². The number of hydrogen-bond acceptors (Lipinski definition) is 5. The van der Waals surface area contributed by atoms with Crippen LogP contribution in [0.25, 0.3) is 11.3 Å². The Hall–Kier alpha value is -2.26. The minimum atomic E-state index is 0.145. The Bertz CT molecular complexity index is 472. The Morgan fingerprint density at radius 1 is 1.36 bits per heavy atom. The molecule has 0 unspecified atom stereocenters. The molecule has 2 aromatic rings. The second-order valence-corrected chi connectivity index (χ2v) is 2.49. The fraction of sp³-hybridized carbons (Fsp3) is 0. The molecule has 0 N–H and O–H groups in total. The van der Waals surface area contributed by atoms with Crippen LogP contribution in [0.4, 0.5) is 5.88 Å². The molecule has 0 aromatic carbocycles. The third-order valence-electron chi connectivity index (χ3n) is 1.63. The van der Waals surface area contributed by atoms with Crippen LogP contribution < -0.4 is 0 Å². The van der Waals surface area contributed by atoms with E-state index in [0.717, 1.165) is 5.56 Å². The van der Waals surface area contributed by atoms with E-state index >= 15 is 0 Å². The Labute approximate surface area is 79.1 Å². The molecule has 0 amide bonds. The second kappa shape index (κ2) is 3.64. The highest BCUT2D eigenvalue weighted by Gasteiger charge is 2.04. The summed E-state index contributed by atoms with van der Waals surface area (Å²) < 4.78 is 4.76. The van der Waals surface area contributed by atoms with E-state index in [1.807, 2.05) is 0 Å². The minimum absolute atomic E-state index is 0.145. The molecule has 0 aliphatic rings. The Morgan fingerprint density at radius 3 is 2.86 bits per heavy atom. The van der Waals surface area contributed by atoms with Crippen molar-refractivity contribution in [1.82, 2.24) is 10.1 Å². The molecule has 0 radical (unpaired) electrons. The van der Waals surface area contributed by atoms with Crippen LogP contribution in [0.3, 0.4) is 0 Å². The van der Waals surface area contributed by atoms with Gasteiger partial charge in [0.15, 0.2) is 0 Å². The zero-order chi connectivity index (χ0) is 9.80. The molecule has 5 nitrogen and oxygen atoms in total. The molecule has 0 bridgehead atoms. The van der Waals surface area contributed by atoms with Crippen molar-refractivity contribution in [1.29, 1.82) is 0 Å². The summed E-state index contributed by atoms with van der Waals surface area (Å²) in [6.45, 7) is 0. The molecule has 2 rings (SSSR count). The first-order valence-corrected chi connectivity index (χ1v) is 3.85. The largest absolute Gasteiger partial charge is 0.335 e. The first kappa shape index (κ1) is 8.34. The van der Waals surface area contributed by atoms with Crippen LogP contribution >= 0.6 is 0 Å². The first-order chi connectivity index (χ1) is 6.90. The zero-order valence-electron chi connectivity index (χ0n) is 7.04. The van der Waals surface area contributed by atoms with Gasteiger partial charge >= 0.3 is 0 Å². The van der Waals surface area contributed by atoms with E-state index in [1.54, 1.807) is 30.6 Å². The van der Waals surface area contributed by atoms with Crippen LogP contribution in [0, 0.1) is 0 Å². The fourth-order valence-electron chi connectivity index (χ4n) is 1.02. The molecule has 0 saturated heterocycles. The number of rotatable bonds is 2. The molecule has 68 valence electrons. The molecule has 14 heavy (non-hydrogen) atoms. The summed E-state index contributed by atoms with van der Waals surface area (Å²) in [4.78, 5) is 17.1. The van der Waals surface area contributed by atoms with Gasteiger partial charge in [0.1, 0.15) is 5.69 Å². The average Bonchev–Trinajstić information content (AvgIpc) is 2.68. The van der Waals surface area contributed by atoms with E-state index in [0.29, 0.717) is 5.69 Å². The van der Waals surface area contributed by atoms with E-state index in [9.17, 15) is 4.79 Å². The van der Waals surface area contributed by atoms with Crippen molar-refractivity contribution >= 4 is 12.0 Å². The summed E-state index contributed by atoms with van der Waals surface area (Å²) >= 11 is 0. The van der Waals surface area contributed by atoms with Gasteiger partial charge in [0.2, 0.25) is 6.08 Å². The summed E-state index contributed by atoms with van der Waals surface area (Å²) in [7, 11) is 0. The number of nitrogens with zero attached hydrogens (tertiary/aromatic N) is 3. The van der Waals surface area contributed by atoms with Crippen LogP contribution in [0.1, 0.15) is 0 Å². The summed E-state index contributed by atoms with van der Waals surface area (Å²) in [5.74, 6) is 0.145. The third kappa shape index (κ3) is 1.57. The van der Waals surface area contributed by atoms with Gasteiger partial charge in [-0.1, -0.05) is 5.16 Å².